The molecule has 0 fully saturated rings. The smallest absolute Gasteiger partial charge is 0.224 e. The molecule has 3 aromatic rings. The number of aliphatic hydroxyl groups is 1. The molecule has 0 spiro atoms. The van der Waals surface area contributed by atoms with Gasteiger partial charge in [0.25, 0.3) is 0 Å². The lowest BCUT2D eigenvalue weighted by molar-refractivity contribution is 0.0617. The standard InChI is InChI=1S/C24H27FN4O2/c1-3-26-23(29-17-24(2,30)19-10-5-4-6-11-19)28-16-18-9-8-14-27-22(18)31-21-13-7-12-20(25)15-21/h4-15,30H,3,16-17H2,1-2H3,(H2,26,28,29). The van der Waals surface area contributed by atoms with Gasteiger partial charge in [-0.05, 0) is 37.6 Å². The summed E-state index contributed by atoms with van der Waals surface area (Å²) < 4.78 is 19.2. The van der Waals surface area contributed by atoms with Crippen LogP contribution < -0.4 is 15.4 Å². The van der Waals surface area contributed by atoms with Gasteiger partial charge in [0, 0.05) is 24.4 Å². The van der Waals surface area contributed by atoms with Crippen LogP contribution in [-0.4, -0.2) is 29.1 Å². The van der Waals surface area contributed by atoms with E-state index in [-0.39, 0.29) is 12.4 Å². The first-order valence-corrected chi connectivity index (χ1v) is 10.2. The van der Waals surface area contributed by atoms with E-state index in [9.17, 15) is 9.50 Å². The van der Waals surface area contributed by atoms with Gasteiger partial charge < -0.3 is 20.5 Å². The molecule has 162 valence electrons. The third-order valence-electron chi connectivity index (χ3n) is 4.61. The molecule has 1 atom stereocenters. The quantitative estimate of drug-likeness (QED) is 0.378. The summed E-state index contributed by atoms with van der Waals surface area (Å²) in [5, 5.41) is 17.2. The number of nitrogens with one attached hydrogen (secondary N) is 2. The second-order valence-corrected chi connectivity index (χ2v) is 7.22. The van der Waals surface area contributed by atoms with E-state index in [1.165, 1.54) is 12.1 Å². The first-order chi connectivity index (χ1) is 15.0. The largest absolute Gasteiger partial charge is 0.439 e. The van der Waals surface area contributed by atoms with Crippen LogP contribution in [0.5, 0.6) is 11.6 Å². The summed E-state index contributed by atoms with van der Waals surface area (Å²) in [6.07, 6.45) is 1.61. The van der Waals surface area contributed by atoms with Crippen molar-refractivity contribution < 1.29 is 14.2 Å². The Morgan fingerprint density at radius 1 is 1.10 bits per heavy atom. The Balaban J connectivity index is 1.70. The molecule has 0 aliphatic carbocycles. The number of nitrogens with zero attached hydrogens (tertiary/aromatic N) is 2. The number of aromatic nitrogens is 1. The maximum atomic E-state index is 13.5. The molecule has 0 saturated heterocycles. The molecular weight excluding hydrogens is 395 g/mol. The van der Waals surface area contributed by atoms with Crippen LogP contribution in [0.2, 0.25) is 0 Å². The van der Waals surface area contributed by atoms with Crippen LogP contribution in [0.1, 0.15) is 25.0 Å². The predicted molar refractivity (Wildman–Crippen MR) is 120 cm³/mol. The van der Waals surface area contributed by atoms with Crippen LogP contribution in [-0.2, 0) is 12.1 Å². The van der Waals surface area contributed by atoms with Crippen LogP contribution in [0, 0.1) is 5.82 Å². The van der Waals surface area contributed by atoms with Crippen molar-refractivity contribution in [3.63, 3.8) is 0 Å². The molecule has 0 bridgehead atoms. The number of halogens is 1. The van der Waals surface area contributed by atoms with Gasteiger partial charge in [-0.3, -0.25) is 0 Å². The minimum absolute atomic E-state index is 0.280. The van der Waals surface area contributed by atoms with Crippen molar-refractivity contribution in [1.82, 2.24) is 15.6 Å². The van der Waals surface area contributed by atoms with Crippen molar-refractivity contribution in [2.45, 2.75) is 26.0 Å². The highest BCUT2D eigenvalue weighted by atomic mass is 19.1. The lowest BCUT2D eigenvalue weighted by Gasteiger charge is -2.25. The van der Waals surface area contributed by atoms with Crippen LogP contribution in [0.4, 0.5) is 4.39 Å². The first kappa shape index (κ1) is 22.2. The average Bonchev–Trinajstić information content (AvgIpc) is 2.77. The number of hydrogen-bond donors (Lipinski definition) is 3. The second kappa shape index (κ2) is 10.5. The number of guanidine groups is 1. The molecule has 0 radical (unpaired) electrons. The van der Waals surface area contributed by atoms with Crippen molar-refractivity contribution in [2.24, 2.45) is 4.99 Å². The fourth-order valence-electron chi connectivity index (χ4n) is 2.94. The third-order valence-corrected chi connectivity index (χ3v) is 4.61. The fourth-order valence-corrected chi connectivity index (χ4v) is 2.94. The Bertz CT molecular complexity index is 1010. The molecule has 1 aromatic heterocycles. The van der Waals surface area contributed by atoms with E-state index in [0.29, 0.717) is 30.7 Å². The maximum Gasteiger partial charge on any atom is 0.224 e. The third kappa shape index (κ3) is 6.52. The van der Waals surface area contributed by atoms with Gasteiger partial charge in [-0.1, -0.05) is 42.5 Å². The molecule has 0 aliphatic heterocycles. The molecule has 3 rings (SSSR count). The summed E-state index contributed by atoms with van der Waals surface area (Å²) in [6, 6.07) is 19.0. The maximum absolute atomic E-state index is 13.5. The van der Waals surface area contributed by atoms with Crippen molar-refractivity contribution in [1.29, 1.82) is 0 Å². The first-order valence-electron chi connectivity index (χ1n) is 10.2. The van der Waals surface area contributed by atoms with E-state index < -0.39 is 5.60 Å². The highest BCUT2D eigenvalue weighted by Crippen LogP contribution is 2.24. The van der Waals surface area contributed by atoms with Gasteiger partial charge in [-0.25, -0.2) is 14.4 Å². The van der Waals surface area contributed by atoms with Crippen LogP contribution in [0.25, 0.3) is 0 Å². The number of ether oxygens (including phenoxy) is 1. The molecule has 0 aliphatic rings. The monoisotopic (exact) mass is 422 g/mol. The summed E-state index contributed by atoms with van der Waals surface area (Å²) >= 11 is 0. The van der Waals surface area contributed by atoms with E-state index in [1.54, 1.807) is 31.3 Å². The van der Waals surface area contributed by atoms with Crippen molar-refractivity contribution in [2.75, 3.05) is 13.1 Å². The van der Waals surface area contributed by atoms with Gasteiger partial charge in [0.2, 0.25) is 5.88 Å². The zero-order chi connectivity index (χ0) is 22.1. The fraction of sp³-hybridized carbons (Fsp3) is 0.250. The summed E-state index contributed by atoms with van der Waals surface area (Å²) in [4.78, 5) is 8.85. The lowest BCUT2D eigenvalue weighted by atomic mass is 9.96. The van der Waals surface area contributed by atoms with Crippen molar-refractivity contribution >= 4 is 5.96 Å². The van der Waals surface area contributed by atoms with E-state index in [0.717, 1.165) is 11.1 Å². The molecule has 31 heavy (non-hydrogen) atoms. The summed E-state index contributed by atoms with van der Waals surface area (Å²) in [5.41, 5.74) is 0.507. The van der Waals surface area contributed by atoms with Crippen LogP contribution >= 0.6 is 0 Å². The molecule has 1 heterocycles. The molecule has 6 nitrogen and oxygen atoms in total. The number of rotatable bonds is 8. The molecular formula is C24H27FN4O2. The second-order valence-electron chi connectivity index (χ2n) is 7.22. The molecule has 0 amide bonds. The molecule has 0 saturated carbocycles. The lowest BCUT2D eigenvalue weighted by Crippen LogP contribution is -2.44. The van der Waals surface area contributed by atoms with Gasteiger partial charge in [0.15, 0.2) is 5.96 Å². The normalized spacial score (nSPS) is 13.4. The Kier molecular flexibility index (Phi) is 7.56. The average molecular weight is 423 g/mol. The molecule has 7 heteroatoms. The number of hydrogen-bond acceptors (Lipinski definition) is 4. The number of aliphatic imine (C=N–C) groups is 1. The zero-order valence-corrected chi connectivity index (χ0v) is 17.7. The number of pyridine rings is 1. The highest BCUT2D eigenvalue weighted by molar-refractivity contribution is 5.79. The van der Waals surface area contributed by atoms with Gasteiger partial charge in [0.1, 0.15) is 17.2 Å². The highest BCUT2D eigenvalue weighted by Gasteiger charge is 2.23. The SMILES string of the molecule is CCNC(=NCc1cccnc1Oc1cccc(F)c1)NCC(C)(O)c1ccccc1. The minimum atomic E-state index is -1.06. The summed E-state index contributed by atoms with van der Waals surface area (Å²) in [5.74, 6) is 0.910. The van der Waals surface area contributed by atoms with E-state index in [4.69, 9.17) is 4.74 Å². The summed E-state index contributed by atoms with van der Waals surface area (Å²) in [7, 11) is 0. The minimum Gasteiger partial charge on any atom is -0.439 e. The Morgan fingerprint density at radius 3 is 2.65 bits per heavy atom. The van der Waals surface area contributed by atoms with Crippen molar-refractivity contribution in [3.05, 3.63) is 89.9 Å². The van der Waals surface area contributed by atoms with Gasteiger partial charge in [-0.15, -0.1) is 0 Å². The summed E-state index contributed by atoms with van der Waals surface area (Å²) in [6.45, 7) is 4.96. The number of benzene rings is 2. The molecule has 3 N–H and O–H groups in total. The van der Waals surface area contributed by atoms with Crippen LogP contribution in [0.15, 0.2) is 77.9 Å². The van der Waals surface area contributed by atoms with Gasteiger partial charge >= 0.3 is 0 Å². The van der Waals surface area contributed by atoms with Gasteiger partial charge in [0.05, 0.1) is 13.1 Å². The van der Waals surface area contributed by atoms with Crippen LogP contribution in [0.3, 0.4) is 0 Å². The van der Waals surface area contributed by atoms with Crippen molar-refractivity contribution in [3.8, 4) is 11.6 Å². The molecule has 1 unspecified atom stereocenters. The van der Waals surface area contributed by atoms with E-state index >= 15 is 0 Å². The Hall–Kier alpha value is -3.45. The predicted octanol–water partition coefficient (Wildman–Crippen LogP) is 3.98. The van der Waals surface area contributed by atoms with E-state index in [2.05, 4.69) is 20.6 Å². The topological polar surface area (TPSA) is 78.8 Å². The zero-order valence-electron chi connectivity index (χ0n) is 17.7. The Labute approximate surface area is 181 Å². The molecule has 2 aromatic carbocycles. The van der Waals surface area contributed by atoms with E-state index in [1.807, 2.05) is 43.3 Å². The van der Waals surface area contributed by atoms with Gasteiger partial charge in [-0.2, -0.15) is 0 Å². The Morgan fingerprint density at radius 2 is 1.90 bits per heavy atom.